The summed E-state index contributed by atoms with van der Waals surface area (Å²) in [7, 11) is 0. The Labute approximate surface area is 298 Å². The van der Waals surface area contributed by atoms with Crippen LogP contribution in [0.25, 0.3) is 0 Å². The van der Waals surface area contributed by atoms with Gasteiger partial charge in [-0.3, -0.25) is 14.6 Å². The van der Waals surface area contributed by atoms with Crippen molar-refractivity contribution in [3.8, 4) is 0 Å². The van der Waals surface area contributed by atoms with E-state index in [0.29, 0.717) is 5.92 Å². The molecule has 7 nitrogen and oxygen atoms in total. The van der Waals surface area contributed by atoms with Crippen LogP contribution in [-0.4, -0.2) is 86.1 Å². The largest absolute Gasteiger partial charge is 0.348 e. The lowest BCUT2D eigenvalue weighted by molar-refractivity contribution is -0.153. The quantitative estimate of drug-likeness (QED) is 0.175. The van der Waals surface area contributed by atoms with Crippen molar-refractivity contribution in [2.24, 2.45) is 5.92 Å². The average molecular weight is 681 g/mol. The summed E-state index contributed by atoms with van der Waals surface area (Å²) in [6.07, 6.45) is 7.71. The molecule has 5 heterocycles. The van der Waals surface area contributed by atoms with Gasteiger partial charge in [-0.2, -0.15) is 0 Å². The van der Waals surface area contributed by atoms with Gasteiger partial charge in [-0.25, -0.2) is 0 Å². The Morgan fingerprint density at radius 1 is 0.735 bits per heavy atom. The van der Waals surface area contributed by atoms with Gasteiger partial charge in [0, 0.05) is 74.1 Å². The molecule has 1 fully saturated rings. The van der Waals surface area contributed by atoms with Crippen molar-refractivity contribution in [1.29, 1.82) is 0 Å². The number of carbonyl (C=O) groups excluding carboxylic acids is 1. The van der Waals surface area contributed by atoms with Crippen LogP contribution < -0.4 is 0 Å². The lowest BCUT2D eigenvalue weighted by atomic mass is 9.95. The number of carbonyl (C=O) groups is 1. The van der Waals surface area contributed by atoms with Crippen LogP contribution in [0.5, 0.6) is 0 Å². The molecule has 0 bridgehead atoms. The minimum atomic E-state index is -0.471. The van der Waals surface area contributed by atoms with E-state index in [1.165, 1.54) is 41.8 Å². The molecule has 0 saturated carbocycles. The van der Waals surface area contributed by atoms with Gasteiger partial charge >= 0.3 is 0 Å². The number of nitrogens with zero attached hydrogens (tertiary/aromatic N) is 6. The number of piperidine rings is 1. The van der Waals surface area contributed by atoms with E-state index in [2.05, 4.69) is 129 Å². The van der Waals surface area contributed by atoms with Crippen LogP contribution in [0.1, 0.15) is 80.2 Å². The average Bonchev–Trinajstić information content (AvgIpc) is 3.80. The Morgan fingerprint density at radius 3 is 1.80 bits per heavy atom. The number of aromatic nitrogens is 2. The molecule has 3 aliphatic rings. The number of likely N-dealkylation sites (tertiary alicyclic amines) is 1. The molecule has 0 aliphatic carbocycles. The fraction of sp³-hybridized carbons (Fsp3) is 0.488. The number of rotatable bonds is 10. The zero-order valence-corrected chi connectivity index (χ0v) is 30.5. The van der Waals surface area contributed by atoms with Crippen molar-refractivity contribution in [3.63, 3.8) is 0 Å². The highest BCUT2D eigenvalue weighted by atomic mass is 35.5. The first kappa shape index (κ1) is 34.1. The van der Waals surface area contributed by atoms with Crippen LogP contribution in [0.2, 0.25) is 5.02 Å². The highest BCUT2D eigenvalue weighted by Crippen LogP contribution is 2.41. The van der Waals surface area contributed by atoms with E-state index in [-0.39, 0.29) is 24.0 Å². The van der Waals surface area contributed by atoms with E-state index in [4.69, 9.17) is 11.6 Å². The summed E-state index contributed by atoms with van der Waals surface area (Å²) in [4.78, 5) is 25.7. The molecule has 2 aromatic heterocycles. The van der Waals surface area contributed by atoms with Crippen molar-refractivity contribution < 1.29 is 4.79 Å². The Kier molecular flexibility index (Phi) is 10.3. The first-order valence-electron chi connectivity index (χ1n) is 18.5. The van der Waals surface area contributed by atoms with Gasteiger partial charge in [0.15, 0.2) is 0 Å². The smallest absolute Gasteiger partial charge is 0.255 e. The molecule has 260 valence electrons. The Hall–Kier alpha value is -3.36. The van der Waals surface area contributed by atoms with Gasteiger partial charge in [0.05, 0.1) is 12.1 Å². The second-order valence-corrected chi connectivity index (χ2v) is 15.2. The summed E-state index contributed by atoms with van der Waals surface area (Å²) in [6, 6.07) is 26.0. The molecule has 4 aromatic rings. The van der Waals surface area contributed by atoms with Gasteiger partial charge in [-0.05, 0) is 93.2 Å². The molecule has 4 unspecified atom stereocenters. The summed E-state index contributed by atoms with van der Waals surface area (Å²) < 4.78 is 4.74. The molecule has 0 radical (unpaired) electrons. The summed E-state index contributed by atoms with van der Waals surface area (Å²) in [6.45, 7) is 16.0. The minimum Gasteiger partial charge on any atom is -0.348 e. The van der Waals surface area contributed by atoms with Crippen LogP contribution >= 0.6 is 11.6 Å². The number of hydrogen-bond acceptors (Lipinski definition) is 4. The van der Waals surface area contributed by atoms with E-state index < -0.39 is 6.17 Å². The molecule has 7 rings (SSSR count). The maximum atomic E-state index is 15.8. The van der Waals surface area contributed by atoms with Gasteiger partial charge < -0.3 is 18.9 Å². The topological polar surface area (TPSA) is 39.9 Å². The van der Waals surface area contributed by atoms with E-state index in [9.17, 15) is 0 Å². The molecular formula is C41H53ClN6O. The standard InChI is InChI=1S/C41H53ClN6O/c1-30(2)32(4)46(27-24-43-20-6-5-7-21-43)41(49)40(47-28-25-44-22-8-10-36(44)38(47)33-14-12-31(3)13-15-33)48-29-26-45-23-9-11-37(45)39(48)34-16-18-35(42)19-17-34/h8-19,22-23,30,32,38-40H,5-7,20-21,24-29H2,1-4H3. The van der Waals surface area contributed by atoms with Crippen molar-refractivity contribution in [1.82, 2.24) is 28.7 Å². The number of halogens is 1. The monoisotopic (exact) mass is 680 g/mol. The van der Waals surface area contributed by atoms with Crippen molar-refractivity contribution >= 4 is 17.5 Å². The normalized spacial score (nSPS) is 21.7. The Bertz CT molecular complexity index is 1590. The van der Waals surface area contributed by atoms with Gasteiger partial charge in [0.2, 0.25) is 0 Å². The SMILES string of the molecule is Cc1ccc(C2c3cccn3CCN2C(C(=O)N(CCN2CCCCC2)C(C)C(C)C)N2CCn3cccc3C2c2ccc(Cl)cc2)cc1. The fourth-order valence-corrected chi connectivity index (χ4v) is 8.50. The van der Waals surface area contributed by atoms with Crippen LogP contribution in [0.15, 0.2) is 85.2 Å². The molecule has 0 spiro atoms. The van der Waals surface area contributed by atoms with Gasteiger partial charge in [0.1, 0.15) is 6.17 Å². The minimum absolute atomic E-state index is 0.0591. The van der Waals surface area contributed by atoms with Crippen LogP contribution in [0.3, 0.4) is 0 Å². The number of hydrogen-bond donors (Lipinski definition) is 0. The maximum Gasteiger partial charge on any atom is 0.255 e. The molecule has 0 N–H and O–H groups in total. The van der Waals surface area contributed by atoms with Crippen LogP contribution in [-0.2, 0) is 17.9 Å². The number of benzene rings is 2. The Balaban J connectivity index is 1.36. The molecule has 8 heteroatoms. The third-order valence-electron chi connectivity index (χ3n) is 11.4. The first-order chi connectivity index (χ1) is 23.8. The van der Waals surface area contributed by atoms with E-state index in [1.807, 2.05) is 12.1 Å². The molecular weight excluding hydrogens is 628 g/mol. The van der Waals surface area contributed by atoms with E-state index >= 15 is 4.79 Å². The number of amides is 1. The molecule has 49 heavy (non-hydrogen) atoms. The van der Waals surface area contributed by atoms with Crippen molar-refractivity contribution in [2.45, 2.75) is 84.3 Å². The molecule has 1 amide bonds. The second-order valence-electron chi connectivity index (χ2n) is 14.8. The number of aryl methyl sites for hydroxylation is 1. The van der Waals surface area contributed by atoms with Crippen LogP contribution in [0, 0.1) is 12.8 Å². The molecule has 2 aromatic carbocycles. The van der Waals surface area contributed by atoms with Gasteiger partial charge in [-0.1, -0.05) is 73.8 Å². The maximum absolute atomic E-state index is 15.8. The third kappa shape index (κ3) is 7.01. The summed E-state index contributed by atoms with van der Waals surface area (Å²) in [5.41, 5.74) is 6.08. The lowest BCUT2D eigenvalue weighted by Gasteiger charge is -2.51. The summed E-state index contributed by atoms with van der Waals surface area (Å²) in [5.74, 6) is 0.553. The Morgan fingerprint density at radius 2 is 1.27 bits per heavy atom. The predicted molar refractivity (Wildman–Crippen MR) is 199 cm³/mol. The second kappa shape index (κ2) is 14.9. The number of fused-ring (bicyclic) bond motifs is 2. The zero-order chi connectivity index (χ0) is 34.1. The van der Waals surface area contributed by atoms with Crippen LogP contribution in [0.4, 0.5) is 0 Å². The van der Waals surface area contributed by atoms with Gasteiger partial charge in [-0.15, -0.1) is 0 Å². The lowest BCUT2D eigenvalue weighted by Crippen LogP contribution is -2.64. The summed E-state index contributed by atoms with van der Waals surface area (Å²) in [5, 5.41) is 0.722. The zero-order valence-electron chi connectivity index (χ0n) is 29.7. The molecule has 3 aliphatic heterocycles. The predicted octanol–water partition coefficient (Wildman–Crippen LogP) is 7.45. The van der Waals surface area contributed by atoms with E-state index in [1.54, 1.807) is 0 Å². The molecule has 1 saturated heterocycles. The van der Waals surface area contributed by atoms with Crippen molar-refractivity contribution in [3.05, 3.63) is 118 Å². The summed E-state index contributed by atoms with van der Waals surface area (Å²) >= 11 is 6.45. The van der Waals surface area contributed by atoms with Crippen molar-refractivity contribution in [2.75, 3.05) is 39.3 Å². The fourth-order valence-electron chi connectivity index (χ4n) is 8.38. The third-order valence-corrected chi connectivity index (χ3v) is 11.7. The van der Waals surface area contributed by atoms with Gasteiger partial charge in [0.25, 0.3) is 5.91 Å². The molecule has 4 atom stereocenters. The highest BCUT2D eigenvalue weighted by molar-refractivity contribution is 6.30. The first-order valence-corrected chi connectivity index (χ1v) is 18.8. The van der Waals surface area contributed by atoms with E-state index in [0.717, 1.165) is 62.9 Å². The highest BCUT2D eigenvalue weighted by Gasteiger charge is 2.46.